The number of hydrogen-bond donors (Lipinski definition) is 1. The number of nitrogens with two attached hydrogens (primary N) is 1. The summed E-state index contributed by atoms with van der Waals surface area (Å²) in [5, 5.41) is 12.3. The molecule has 0 spiro atoms. The van der Waals surface area contributed by atoms with E-state index in [-0.39, 0.29) is 6.10 Å². The monoisotopic (exact) mass is 258 g/mol. The molecule has 2 rings (SSSR count). The molecular weight excluding hydrogens is 240 g/mol. The summed E-state index contributed by atoms with van der Waals surface area (Å²) >= 11 is 1.62. The van der Waals surface area contributed by atoms with E-state index in [0.717, 1.165) is 30.6 Å². The van der Waals surface area contributed by atoms with Gasteiger partial charge < -0.3 is 15.4 Å². The lowest BCUT2D eigenvalue weighted by atomic mass is 10.3. The summed E-state index contributed by atoms with van der Waals surface area (Å²) in [7, 11) is 2.11. The van der Waals surface area contributed by atoms with Gasteiger partial charge in [-0.1, -0.05) is 11.8 Å². The normalized spacial score (nSPS) is 21.9. The summed E-state index contributed by atoms with van der Waals surface area (Å²) in [5.74, 6) is 0.870. The summed E-state index contributed by atoms with van der Waals surface area (Å²) < 4.78 is 7.41. The van der Waals surface area contributed by atoms with Crippen LogP contribution < -0.4 is 5.73 Å². The number of likely N-dealkylation sites (N-methyl/N-ethyl adjacent to an activating group) is 1. The van der Waals surface area contributed by atoms with Crippen molar-refractivity contribution in [1.29, 1.82) is 0 Å². The molecule has 2 N–H and O–H groups in total. The zero-order valence-electron chi connectivity index (χ0n) is 9.95. The summed E-state index contributed by atoms with van der Waals surface area (Å²) in [6.45, 7) is 3.97. The molecule has 1 unspecified atom stereocenters. The molecular formula is C9H18N6OS. The fraction of sp³-hybridized carbons (Fsp3) is 0.889. The number of thioether (sulfide) groups is 1. The lowest BCUT2D eigenvalue weighted by Gasteiger charge is -2.29. The second-order valence-electron chi connectivity index (χ2n) is 4.04. The smallest absolute Gasteiger partial charge is 0.209 e. The Kier molecular flexibility index (Phi) is 4.72. The van der Waals surface area contributed by atoms with Crippen LogP contribution >= 0.6 is 11.8 Å². The van der Waals surface area contributed by atoms with Crippen molar-refractivity contribution in [1.82, 2.24) is 25.1 Å². The van der Waals surface area contributed by atoms with Gasteiger partial charge in [-0.3, -0.25) is 0 Å². The van der Waals surface area contributed by atoms with Crippen LogP contribution in [0.5, 0.6) is 0 Å². The molecule has 1 aliphatic heterocycles. The predicted octanol–water partition coefficient (Wildman–Crippen LogP) is -0.945. The van der Waals surface area contributed by atoms with Crippen molar-refractivity contribution in [3.63, 3.8) is 0 Å². The van der Waals surface area contributed by atoms with E-state index in [1.807, 2.05) is 0 Å². The Morgan fingerprint density at radius 2 is 2.47 bits per heavy atom. The zero-order valence-corrected chi connectivity index (χ0v) is 10.8. The molecule has 1 aromatic rings. The van der Waals surface area contributed by atoms with E-state index in [0.29, 0.717) is 13.1 Å². The Hall–Kier alpha value is -0.700. The Bertz CT molecular complexity index is 346. The molecule has 2 heterocycles. The van der Waals surface area contributed by atoms with Crippen molar-refractivity contribution in [3.05, 3.63) is 0 Å². The molecule has 17 heavy (non-hydrogen) atoms. The standard InChI is InChI=1S/C9H18N6OS/c1-14-4-5-16-8(6-14)7-17-9-11-12-13-15(9)3-2-10/h8H,2-7,10H2,1H3. The molecule has 0 amide bonds. The molecule has 1 saturated heterocycles. The van der Waals surface area contributed by atoms with Gasteiger partial charge in [-0.15, -0.1) is 5.10 Å². The van der Waals surface area contributed by atoms with Gasteiger partial charge in [0, 0.05) is 25.4 Å². The summed E-state index contributed by atoms with van der Waals surface area (Å²) in [6.07, 6.45) is 0.252. The van der Waals surface area contributed by atoms with E-state index >= 15 is 0 Å². The molecule has 0 aromatic carbocycles. The third-order valence-electron chi connectivity index (χ3n) is 2.58. The number of hydrogen-bond acceptors (Lipinski definition) is 7. The van der Waals surface area contributed by atoms with Gasteiger partial charge in [-0.25, -0.2) is 4.68 Å². The molecule has 1 fully saturated rings. The van der Waals surface area contributed by atoms with Crippen LogP contribution in [0.15, 0.2) is 5.16 Å². The van der Waals surface area contributed by atoms with Gasteiger partial charge in [0.2, 0.25) is 5.16 Å². The van der Waals surface area contributed by atoms with Gasteiger partial charge in [0.15, 0.2) is 0 Å². The molecule has 0 radical (unpaired) electrons. The van der Waals surface area contributed by atoms with Crippen LogP contribution in [-0.2, 0) is 11.3 Å². The van der Waals surface area contributed by atoms with Crippen LogP contribution in [0.4, 0.5) is 0 Å². The van der Waals surface area contributed by atoms with Gasteiger partial charge in [-0.05, 0) is 17.5 Å². The Morgan fingerprint density at radius 3 is 3.24 bits per heavy atom. The van der Waals surface area contributed by atoms with E-state index < -0.39 is 0 Å². The second-order valence-corrected chi connectivity index (χ2v) is 5.03. The number of ether oxygens (including phenoxy) is 1. The highest BCUT2D eigenvalue weighted by Gasteiger charge is 2.19. The minimum atomic E-state index is 0.252. The third kappa shape index (κ3) is 3.63. The SMILES string of the molecule is CN1CCOC(CSc2nnnn2CCN)C1. The highest BCUT2D eigenvalue weighted by atomic mass is 32.2. The minimum Gasteiger partial charge on any atom is -0.375 e. The molecule has 1 atom stereocenters. The third-order valence-corrected chi connectivity index (χ3v) is 3.67. The van der Waals surface area contributed by atoms with Crippen molar-refractivity contribution < 1.29 is 4.74 Å². The van der Waals surface area contributed by atoms with E-state index in [2.05, 4.69) is 27.5 Å². The summed E-state index contributed by atoms with van der Waals surface area (Å²) in [6, 6.07) is 0. The van der Waals surface area contributed by atoms with Crippen molar-refractivity contribution in [3.8, 4) is 0 Å². The largest absolute Gasteiger partial charge is 0.375 e. The Labute approximate surface area is 105 Å². The minimum absolute atomic E-state index is 0.252. The van der Waals surface area contributed by atoms with Crippen LogP contribution in [0.1, 0.15) is 0 Å². The van der Waals surface area contributed by atoms with Gasteiger partial charge in [0.25, 0.3) is 0 Å². The van der Waals surface area contributed by atoms with Crippen molar-refractivity contribution in [2.75, 3.05) is 39.0 Å². The van der Waals surface area contributed by atoms with E-state index in [1.165, 1.54) is 0 Å². The van der Waals surface area contributed by atoms with E-state index in [1.54, 1.807) is 16.4 Å². The van der Waals surface area contributed by atoms with Crippen molar-refractivity contribution in [2.45, 2.75) is 17.8 Å². The molecule has 1 aromatic heterocycles. The fourth-order valence-corrected chi connectivity index (χ4v) is 2.61. The average Bonchev–Trinajstić information content (AvgIpc) is 2.75. The number of rotatable bonds is 5. The first-order valence-corrected chi connectivity index (χ1v) is 6.67. The van der Waals surface area contributed by atoms with Crippen molar-refractivity contribution in [2.24, 2.45) is 5.73 Å². The topological polar surface area (TPSA) is 82.1 Å². The summed E-state index contributed by atoms with van der Waals surface area (Å²) in [5.41, 5.74) is 5.49. The van der Waals surface area contributed by atoms with Crippen LogP contribution in [0.2, 0.25) is 0 Å². The molecule has 0 bridgehead atoms. The lowest BCUT2D eigenvalue weighted by Crippen LogP contribution is -2.41. The maximum atomic E-state index is 5.68. The average molecular weight is 258 g/mol. The second kappa shape index (κ2) is 6.29. The molecule has 96 valence electrons. The van der Waals surface area contributed by atoms with Crippen LogP contribution in [-0.4, -0.2) is 70.3 Å². The molecule has 8 heteroatoms. The maximum absolute atomic E-state index is 5.68. The van der Waals surface area contributed by atoms with E-state index in [4.69, 9.17) is 10.5 Å². The molecule has 7 nitrogen and oxygen atoms in total. The quantitative estimate of drug-likeness (QED) is 0.682. The zero-order chi connectivity index (χ0) is 12.1. The summed E-state index contributed by atoms with van der Waals surface area (Å²) in [4.78, 5) is 2.28. The number of morpholine rings is 1. The molecule has 1 aliphatic rings. The molecule has 0 saturated carbocycles. The van der Waals surface area contributed by atoms with Crippen LogP contribution in [0, 0.1) is 0 Å². The van der Waals surface area contributed by atoms with Gasteiger partial charge in [-0.2, -0.15) is 0 Å². The lowest BCUT2D eigenvalue weighted by molar-refractivity contribution is -0.00602. The molecule has 0 aliphatic carbocycles. The Balaban J connectivity index is 1.82. The number of nitrogens with zero attached hydrogens (tertiary/aromatic N) is 5. The van der Waals surface area contributed by atoms with Gasteiger partial charge in [0.1, 0.15) is 0 Å². The first-order valence-electron chi connectivity index (χ1n) is 5.69. The van der Waals surface area contributed by atoms with Crippen LogP contribution in [0.25, 0.3) is 0 Å². The predicted molar refractivity (Wildman–Crippen MR) is 64.8 cm³/mol. The number of aromatic nitrogens is 4. The fourth-order valence-electron chi connectivity index (χ4n) is 1.70. The maximum Gasteiger partial charge on any atom is 0.209 e. The first kappa shape index (κ1) is 12.7. The van der Waals surface area contributed by atoms with Crippen molar-refractivity contribution >= 4 is 11.8 Å². The number of tetrazole rings is 1. The Morgan fingerprint density at radius 1 is 1.59 bits per heavy atom. The van der Waals surface area contributed by atoms with Gasteiger partial charge >= 0.3 is 0 Å². The van der Waals surface area contributed by atoms with E-state index in [9.17, 15) is 0 Å². The first-order chi connectivity index (χ1) is 8.29. The highest BCUT2D eigenvalue weighted by Crippen LogP contribution is 2.17. The van der Waals surface area contributed by atoms with Crippen LogP contribution in [0.3, 0.4) is 0 Å². The van der Waals surface area contributed by atoms with Gasteiger partial charge in [0.05, 0.1) is 19.3 Å². The highest BCUT2D eigenvalue weighted by molar-refractivity contribution is 7.99.